The Morgan fingerprint density at radius 2 is 0.655 bits per heavy atom. The van der Waals surface area contributed by atoms with Crippen LogP contribution in [0.25, 0.3) is 99.4 Å². The molecule has 0 amide bonds. The van der Waals surface area contributed by atoms with E-state index in [0.29, 0.717) is 23.3 Å². The molecular weight excluding hydrogens is 691 g/mol. The minimum absolute atomic E-state index is 0.640. The molecule has 0 saturated carbocycles. The molecule has 0 saturated heterocycles. The Hall–Kier alpha value is -7.15. The van der Waals surface area contributed by atoms with E-state index >= 15 is 0 Å². The van der Waals surface area contributed by atoms with Gasteiger partial charge in [-0.15, -0.1) is 11.3 Å². The maximum Gasteiger partial charge on any atom is 0.164 e. The Balaban J connectivity index is 1.05. The predicted molar refractivity (Wildman–Crippen MR) is 226 cm³/mol. The molecule has 0 aliphatic rings. The van der Waals surface area contributed by atoms with Gasteiger partial charge in [-0.1, -0.05) is 158 Å². The summed E-state index contributed by atoms with van der Waals surface area (Å²) >= 11 is 1.77. The lowest BCUT2D eigenvalue weighted by Gasteiger charge is -2.10. The average molecular weight is 722 g/mol. The van der Waals surface area contributed by atoms with Gasteiger partial charge in [-0.25, -0.2) is 24.9 Å². The lowest BCUT2D eigenvalue weighted by molar-refractivity contribution is 1.07. The van der Waals surface area contributed by atoms with Crippen LogP contribution < -0.4 is 0 Å². The first-order chi connectivity index (χ1) is 27.2. The van der Waals surface area contributed by atoms with E-state index in [0.717, 1.165) is 54.9 Å². The van der Waals surface area contributed by atoms with Gasteiger partial charge in [-0.3, -0.25) is 0 Å². The molecule has 10 aromatic rings. The first-order valence-electron chi connectivity index (χ1n) is 18.2. The van der Waals surface area contributed by atoms with Crippen molar-refractivity contribution in [3.63, 3.8) is 0 Å². The number of nitrogens with zero attached hydrogens (tertiary/aromatic N) is 5. The summed E-state index contributed by atoms with van der Waals surface area (Å²) in [4.78, 5) is 25.1. The van der Waals surface area contributed by atoms with Crippen LogP contribution in [0.2, 0.25) is 0 Å². The van der Waals surface area contributed by atoms with Crippen molar-refractivity contribution >= 4 is 31.5 Å². The fourth-order valence-electron chi connectivity index (χ4n) is 6.94. The van der Waals surface area contributed by atoms with Gasteiger partial charge in [0.05, 0.1) is 11.4 Å². The molecule has 0 radical (unpaired) electrons. The van der Waals surface area contributed by atoms with E-state index < -0.39 is 0 Å². The van der Waals surface area contributed by atoms with Gasteiger partial charge in [0.25, 0.3) is 0 Å². The zero-order valence-electron chi connectivity index (χ0n) is 29.5. The highest BCUT2D eigenvalue weighted by Gasteiger charge is 2.16. The van der Waals surface area contributed by atoms with E-state index in [-0.39, 0.29) is 0 Å². The van der Waals surface area contributed by atoms with Crippen LogP contribution in [0.3, 0.4) is 0 Å². The summed E-state index contributed by atoms with van der Waals surface area (Å²) in [6.07, 6.45) is 0. The fourth-order valence-corrected chi connectivity index (χ4v) is 8.06. The molecule has 10 rings (SSSR count). The lowest BCUT2D eigenvalue weighted by Crippen LogP contribution is -2.00. The Labute approximate surface area is 322 Å². The molecule has 0 N–H and O–H groups in total. The standard InChI is InChI=1S/C49H31N5S/c1-5-13-32(14-6-1)33-21-23-35(24-22-33)43-31-42(34-15-7-2-8-16-34)50-48(51-43)39-25-27-40-41-29-38(26-28-44(41)55-45(40)30-39)49-53-46(36-17-9-3-10-18-36)52-47(54-49)37-19-11-4-12-20-37/h1-31H. The third kappa shape index (κ3) is 6.45. The van der Waals surface area contributed by atoms with Crippen molar-refractivity contribution in [2.24, 2.45) is 0 Å². The van der Waals surface area contributed by atoms with Gasteiger partial charge in [0.2, 0.25) is 0 Å². The molecule has 55 heavy (non-hydrogen) atoms. The van der Waals surface area contributed by atoms with Gasteiger partial charge in [-0.2, -0.15) is 0 Å². The van der Waals surface area contributed by atoms with Crippen LogP contribution in [0.4, 0.5) is 0 Å². The Kier molecular flexibility index (Phi) is 8.28. The van der Waals surface area contributed by atoms with Gasteiger partial charge in [0.1, 0.15) is 0 Å². The van der Waals surface area contributed by atoms with Crippen molar-refractivity contribution in [2.75, 3.05) is 0 Å². The fraction of sp³-hybridized carbons (Fsp3) is 0. The zero-order chi connectivity index (χ0) is 36.6. The highest BCUT2D eigenvalue weighted by molar-refractivity contribution is 7.25. The third-order valence-corrected chi connectivity index (χ3v) is 10.9. The smallest absolute Gasteiger partial charge is 0.164 e. The molecule has 0 unspecified atom stereocenters. The highest BCUT2D eigenvalue weighted by atomic mass is 32.1. The molecule has 3 aromatic heterocycles. The minimum atomic E-state index is 0.640. The van der Waals surface area contributed by atoms with E-state index in [4.69, 9.17) is 24.9 Å². The number of rotatable bonds is 7. The highest BCUT2D eigenvalue weighted by Crippen LogP contribution is 2.39. The second-order valence-corrected chi connectivity index (χ2v) is 14.4. The van der Waals surface area contributed by atoms with Crippen LogP contribution in [0.1, 0.15) is 0 Å². The summed E-state index contributed by atoms with van der Waals surface area (Å²) in [7, 11) is 0. The molecule has 3 heterocycles. The number of benzene rings is 7. The monoisotopic (exact) mass is 721 g/mol. The van der Waals surface area contributed by atoms with E-state index in [1.807, 2.05) is 84.9 Å². The molecule has 0 bridgehead atoms. The quantitative estimate of drug-likeness (QED) is 0.164. The molecule has 258 valence electrons. The zero-order valence-corrected chi connectivity index (χ0v) is 30.4. The molecule has 0 aliphatic heterocycles. The van der Waals surface area contributed by atoms with Gasteiger partial charge >= 0.3 is 0 Å². The summed E-state index contributed by atoms with van der Waals surface area (Å²) in [5.74, 6) is 2.62. The topological polar surface area (TPSA) is 64.5 Å². The summed E-state index contributed by atoms with van der Waals surface area (Å²) in [5, 5.41) is 2.33. The Bertz CT molecular complexity index is 2890. The SMILES string of the molecule is c1ccc(-c2ccc(-c3cc(-c4ccccc4)nc(-c4ccc5c(c4)sc4ccc(-c6nc(-c7ccccc7)nc(-c7ccccc7)n6)cc45)n3)cc2)cc1. The summed E-state index contributed by atoms with van der Waals surface area (Å²) in [5.41, 5.74) is 10.0. The van der Waals surface area contributed by atoms with Crippen LogP contribution >= 0.6 is 11.3 Å². The van der Waals surface area contributed by atoms with Crippen molar-refractivity contribution in [1.82, 2.24) is 24.9 Å². The van der Waals surface area contributed by atoms with Crippen molar-refractivity contribution < 1.29 is 0 Å². The number of fused-ring (bicyclic) bond motifs is 3. The van der Waals surface area contributed by atoms with Crippen LogP contribution in [0, 0.1) is 0 Å². The van der Waals surface area contributed by atoms with Crippen molar-refractivity contribution in [3.8, 4) is 79.2 Å². The van der Waals surface area contributed by atoms with Crippen molar-refractivity contribution in [2.45, 2.75) is 0 Å². The molecule has 6 heteroatoms. The molecule has 7 aromatic carbocycles. The van der Waals surface area contributed by atoms with Crippen LogP contribution in [0.15, 0.2) is 188 Å². The minimum Gasteiger partial charge on any atom is -0.228 e. The molecule has 0 atom stereocenters. The van der Waals surface area contributed by atoms with Crippen molar-refractivity contribution in [3.05, 3.63) is 188 Å². The van der Waals surface area contributed by atoms with Crippen LogP contribution in [-0.4, -0.2) is 24.9 Å². The number of hydrogen-bond acceptors (Lipinski definition) is 6. The molecular formula is C49H31N5S. The van der Waals surface area contributed by atoms with Crippen LogP contribution in [0.5, 0.6) is 0 Å². The van der Waals surface area contributed by atoms with Gasteiger partial charge < -0.3 is 0 Å². The first kappa shape index (κ1) is 32.5. The largest absolute Gasteiger partial charge is 0.228 e. The molecule has 5 nitrogen and oxygen atoms in total. The number of hydrogen-bond donors (Lipinski definition) is 0. The Morgan fingerprint density at radius 1 is 0.255 bits per heavy atom. The average Bonchev–Trinajstić information content (AvgIpc) is 3.65. The van der Waals surface area contributed by atoms with E-state index in [2.05, 4.69) is 103 Å². The maximum absolute atomic E-state index is 5.15. The first-order valence-corrected chi connectivity index (χ1v) is 19.0. The van der Waals surface area contributed by atoms with Gasteiger partial charge in [0, 0.05) is 53.6 Å². The van der Waals surface area contributed by atoms with E-state index in [1.165, 1.54) is 21.2 Å². The second kappa shape index (κ2) is 14.0. The normalized spacial score (nSPS) is 11.3. The maximum atomic E-state index is 5.15. The summed E-state index contributed by atoms with van der Waals surface area (Å²) < 4.78 is 2.35. The summed E-state index contributed by atoms with van der Waals surface area (Å²) in [6, 6.07) is 64.6. The molecule has 0 aliphatic carbocycles. The van der Waals surface area contributed by atoms with E-state index in [9.17, 15) is 0 Å². The Morgan fingerprint density at radius 3 is 1.24 bits per heavy atom. The second-order valence-electron chi connectivity index (χ2n) is 13.3. The van der Waals surface area contributed by atoms with Crippen LogP contribution in [-0.2, 0) is 0 Å². The predicted octanol–water partition coefficient (Wildman–Crippen LogP) is 12.7. The van der Waals surface area contributed by atoms with Gasteiger partial charge in [-0.05, 0) is 41.5 Å². The summed E-state index contributed by atoms with van der Waals surface area (Å²) in [6.45, 7) is 0. The number of thiophene rings is 1. The van der Waals surface area contributed by atoms with Gasteiger partial charge in [0.15, 0.2) is 23.3 Å². The van der Waals surface area contributed by atoms with Crippen molar-refractivity contribution in [1.29, 1.82) is 0 Å². The lowest BCUT2D eigenvalue weighted by atomic mass is 10.0. The van der Waals surface area contributed by atoms with E-state index in [1.54, 1.807) is 11.3 Å². The number of aromatic nitrogens is 5. The molecule has 0 fully saturated rings. The third-order valence-electron chi connectivity index (χ3n) is 9.77. The molecule has 0 spiro atoms.